The fourth-order valence-electron chi connectivity index (χ4n) is 3.96. The van der Waals surface area contributed by atoms with E-state index < -0.39 is 17.4 Å². The maximum absolute atomic E-state index is 13.3. The summed E-state index contributed by atoms with van der Waals surface area (Å²) >= 11 is 0. The van der Waals surface area contributed by atoms with Crippen molar-refractivity contribution in [1.29, 1.82) is 0 Å². The van der Waals surface area contributed by atoms with Crippen molar-refractivity contribution in [3.63, 3.8) is 0 Å². The van der Waals surface area contributed by atoms with E-state index in [1.165, 1.54) is 0 Å². The second-order valence-corrected chi connectivity index (χ2v) is 7.36. The van der Waals surface area contributed by atoms with Gasteiger partial charge in [0, 0.05) is 30.5 Å². The average molecular weight is 391 g/mol. The number of benzene rings is 2. The fourth-order valence-corrected chi connectivity index (χ4v) is 3.96. The number of ketones is 4. The van der Waals surface area contributed by atoms with Crippen LogP contribution in [0.2, 0.25) is 0 Å². The molecule has 2 unspecified atom stereocenters. The molecule has 2 aromatic rings. The molecule has 0 aliphatic carbocycles. The third-order valence-electron chi connectivity index (χ3n) is 5.60. The Morgan fingerprint density at radius 2 is 1.10 bits per heavy atom. The molecule has 2 atom stereocenters. The SMILES string of the molecule is CCC(=O)C(C(=O)c1ccccc1)C1(C(C(=O)CC)C(=O)c2ccccc2)CN1. The molecule has 1 fully saturated rings. The topological polar surface area (TPSA) is 90.2 Å². The van der Waals surface area contributed by atoms with Gasteiger partial charge in [0.05, 0.1) is 5.54 Å². The molecule has 3 rings (SSSR count). The Kier molecular flexibility index (Phi) is 6.18. The molecule has 0 spiro atoms. The van der Waals surface area contributed by atoms with Gasteiger partial charge < -0.3 is 5.32 Å². The minimum atomic E-state index is -1.17. The van der Waals surface area contributed by atoms with E-state index in [0.717, 1.165) is 0 Å². The second-order valence-electron chi connectivity index (χ2n) is 7.36. The van der Waals surface area contributed by atoms with Crippen LogP contribution < -0.4 is 5.32 Å². The van der Waals surface area contributed by atoms with Crippen molar-refractivity contribution in [3.8, 4) is 0 Å². The Morgan fingerprint density at radius 1 is 0.759 bits per heavy atom. The van der Waals surface area contributed by atoms with Gasteiger partial charge in [-0.1, -0.05) is 74.5 Å². The van der Waals surface area contributed by atoms with Crippen molar-refractivity contribution in [3.05, 3.63) is 71.8 Å². The summed E-state index contributed by atoms with van der Waals surface area (Å²) in [5, 5.41) is 3.10. The highest BCUT2D eigenvalue weighted by atomic mass is 16.2. The molecule has 150 valence electrons. The van der Waals surface area contributed by atoms with Crippen molar-refractivity contribution >= 4 is 23.1 Å². The van der Waals surface area contributed by atoms with Crippen LogP contribution in [-0.4, -0.2) is 35.2 Å². The van der Waals surface area contributed by atoms with Gasteiger partial charge in [0.15, 0.2) is 11.6 Å². The maximum Gasteiger partial charge on any atom is 0.175 e. The number of nitrogens with one attached hydrogen (secondary N) is 1. The molecule has 0 aromatic heterocycles. The van der Waals surface area contributed by atoms with Gasteiger partial charge >= 0.3 is 0 Å². The molecular formula is C24H25NO4. The zero-order valence-electron chi connectivity index (χ0n) is 16.7. The highest BCUT2D eigenvalue weighted by Crippen LogP contribution is 2.41. The molecule has 1 saturated heterocycles. The summed E-state index contributed by atoms with van der Waals surface area (Å²) in [5.41, 5.74) is -0.357. The summed E-state index contributed by atoms with van der Waals surface area (Å²) < 4.78 is 0. The number of hydrogen-bond acceptors (Lipinski definition) is 5. The lowest BCUT2D eigenvalue weighted by Gasteiger charge is -2.29. The lowest BCUT2D eigenvalue weighted by molar-refractivity contribution is -0.125. The van der Waals surface area contributed by atoms with E-state index in [-0.39, 0.29) is 42.5 Å². The summed E-state index contributed by atoms with van der Waals surface area (Å²) in [7, 11) is 0. The molecule has 1 aliphatic rings. The molecule has 2 aromatic carbocycles. The van der Waals surface area contributed by atoms with Crippen LogP contribution in [0.3, 0.4) is 0 Å². The predicted molar refractivity (Wildman–Crippen MR) is 110 cm³/mol. The Balaban J connectivity index is 2.07. The van der Waals surface area contributed by atoms with Gasteiger partial charge in [-0.05, 0) is 0 Å². The number of carbonyl (C=O) groups excluding carboxylic acids is 4. The highest BCUT2D eigenvalue weighted by molar-refractivity contribution is 6.17. The Hall–Kier alpha value is -2.92. The first-order chi connectivity index (χ1) is 14.0. The molecule has 1 N–H and O–H groups in total. The maximum atomic E-state index is 13.3. The molecule has 5 nitrogen and oxygen atoms in total. The van der Waals surface area contributed by atoms with E-state index in [9.17, 15) is 19.2 Å². The van der Waals surface area contributed by atoms with Gasteiger partial charge in [0.2, 0.25) is 0 Å². The predicted octanol–water partition coefficient (Wildman–Crippen LogP) is 3.28. The third-order valence-corrected chi connectivity index (χ3v) is 5.60. The lowest BCUT2D eigenvalue weighted by atomic mass is 9.70. The molecule has 0 amide bonds. The number of carbonyl (C=O) groups is 4. The van der Waals surface area contributed by atoms with Crippen molar-refractivity contribution < 1.29 is 19.2 Å². The van der Waals surface area contributed by atoms with E-state index in [1.54, 1.807) is 74.5 Å². The quantitative estimate of drug-likeness (QED) is 0.381. The number of Topliss-reactive ketones (excluding diaryl/α,β-unsaturated/α-hetero) is 4. The van der Waals surface area contributed by atoms with Gasteiger partial charge in [-0.2, -0.15) is 0 Å². The monoisotopic (exact) mass is 391 g/mol. The molecule has 0 radical (unpaired) electrons. The van der Waals surface area contributed by atoms with Gasteiger partial charge in [-0.3, -0.25) is 19.2 Å². The smallest absolute Gasteiger partial charge is 0.175 e. The average Bonchev–Trinajstić information content (AvgIpc) is 3.55. The summed E-state index contributed by atoms with van der Waals surface area (Å²) in [6, 6.07) is 17.1. The van der Waals surface area contributed by atoms with Crippen molar-refractivity contribution in [2.24, 2.45) is 11.8 Å². The van der Waals surface area contributed by atoms with E-state index >= 15 is 0 Å². The van der Waals surface area contributed by atoms with Crippen LogP contribution in [0.5, 0.6) is 0 Å². The van der Waals surface area contributed by atoms with Gasteiger partial charge in [-0.15, -0.1) is 0 Å². The van der Waals surface area contributed by atoms with Crippen LogP contribution in [0, 0.1) is 11.8 Å². The van der Waals surface area contributed by atoms with Crippen LogP contribution in [0.25, 0.3) is 0 Å². The van der Waals surface area contributed by atoms with Crippen LogP contribution in [0.15, 0.2) is 60.7 Å². The number of hydrogen-bond donors (Lipinski definition) is 1. The van der Waals surface area contributed by atoms with Crippen LogP contribution in [0.1, 0.15) is 47.4 Å². The minimum absolute atomic E-state index is 0.152. The van der Waals surface area contributed by atoms with Gasteiger partial charge in [0.25, 0.3) is 0 Å². The molecule has 5 heteroatoms. The third kappa shape index (κ3) is 3.96. The molecule has 0 bridgehead atoms. The molecule has 29 heavy (non-hydrogen) atoms. The minimum Gasteiger partial charge on any atom is -0.306 e. The van der Waals surface area contributed by atoms with E-state index in [2.05, 4.69) is 5.32 Å². The standard InChI is InChI=1S/C24H25NO4/c1-3-18(26)20(22(28)16-11-7-5-8-12-16)24(15-25-24)21(19(27)4-2)23(29)17-13-9-6-10-14-17/h5-14,20-21,25H,3-4,15H2,1-2H3. The first-order valence-corrected chi connectivity index (χ1v) is 9.95. The largest absolute Gasteiger partial charge is 0.306 e. The van der Waals surface area contributed by atoms with Crippen LogP contribution >= 0.6 is 0 Å². The lowest BCUT2D eigenvalue weighted by Crippen LogP contribution is -2.50. The Labute approximate surface area is 170 Å². The van der Waals surface area contributed by atoms with E-state index in [1.807, 2.05) is 0 Å². The normalized spacial score (nSPS) is 19.8. The fraction of sp³-hybridized carbons (Fsp3) is 0.333. The van der Waals surface area contributed by atoms with Crippen LogP contribution in [0.4, 0.5) is 0 Å². The van der Waals surface area contributed by atoms with Gasteiger partial charge in [0.1, 0.15) is 23.4 Å². The summed E-state index contributed by atoms with van der Waals surface area (Å²) in [6.45, 7) is 3.66. The summed E-state index contributed by atoms with van der Waals surface area (Å²) in [4.78, 5) is 52.5. The zero-order valence-corrected chi connectivity index (χ0v) is 16.7. The van der Waals surface area contributed by atoms with E-state index in [4.69, 9.17) is 0 Å². The number of rotatable bonds is 10. The highest BCUT2D eigenvalue weighted by Gasteiger charge is 2.63. The molecule has 1 aliphatic heterocycles. The zero-order chi connectivity index (χ0) is 21.0. The first kappa shape index (κ1) is 20.8. The van der Waals surface area contributed by atoms with E-state index in [0.29, 0.717) is 11.1 Å². The molecule has 1 heterocycles. The Morgan fingerprint density at radius 3 is 1.38 bits per heavy atom. The van der Waals surface area contributed by atoms with Crippen molar-refractivity contribution in [2.45, 2.75) is 32.2 Å². The molecular weight excluding hydrogens is 366 g/mol. The Bertz CT molecular complexity index is 843. The summed E-state index contributed by atoms with van der Waals surface area (Å²) in [5.74, 6) is -3.39. The molecule has 0 saturated carbocycles. The summed E-state index contributed by atoms with van der Waals surface area (Å²) in [6.07, 6.45) is 0.304. The van der Waals surface area contributed by atoms with Gasteiger partial charge in [-0.25, -0.2) is 0 Å². The first-order valence-electron chi connectivity index (χ1n) is 9.95. The van der Waals surface area contributed by atoms with Crippen LogP contribution in [-0.2, 0) is 9.59 Å². The van der Waals surface area contributed by atoms with Crippen molar-refractivity contribution in [1.82, 2.24) is 5.32 Å². The van der Waals surface area contributed by atoms with Crippen molar-refractivity contribution in [2.75, 3.05) is 6.54 Å². The second kappa shape index (κ2) is 8.62.